The largest absolute Gasteiger partial charge is 0.383 e. The number of aromatic nitrogens is 4. The van der Waals surface area contributed by atoms with E-state index in [1.165, 1.54) is 24.8 Å². The van der Waals surface area contributed by atoms with Crippen molar-refractivity contribution < 1.29 is 0 Å². The van der Waals surface area contributed by atoms with E-state index in [4.69, 9.17) is 15.7 Å². The van der Waals surface area contributed by atoms with E-state index in [0.717, 1.165) is 72.0 Å². The van der Waals surface area contributed by atoms with Gasteiger partial charge in [-0.3, -0.25) is 14.2 Å². The lowest BCUT2D eigenvalue weighted by Gasteiger charge is -2.24. The second-order valence-corrected chi connectivity index (χ2v) is 11.2. The van der Waals surface area contributed by atoms with E-state index in [1.54, 1.807) is 18.1 Å². The monoisotopic (exact) mass is 549 g/mol. The van der Waals surface area contributed by atoms with Crippen LogP contribution >= 0.6 is 11.9 Å². The smallest absolute Gasteiger partial charge is 0.165 e. The standard InChI is InChI=1S/C32H35N7S/c1-2-40-37-25-11-6-7-20-38(22-25)21-23-13-15-26(16-14-23)39-31(27-12-8-19-34-30(27)33)36-29-18-17-28(35-32(29)39)24-9-4-3-5-10-24/h2,4,8-10,12-19,25,37H,1,3,5-7,11,20-22H2,(H2,33,34). The Morgan fingerprint density at radius 1 is 1.07 bits per heavy atom. The zero-order chi connectivity index (χ0) is 27.3. The number of hydrogen-bond acceptors (Lipinski definition) is 7. The van der Waals surface area contributed by atoms with Crippen molar-refractivity contribution in [3.8, 4) is 17.1 Å². The third-order valence-corrected chi connectivity index (χ3v) is 8.19. The fraction of sp³-hybridized carbons (Fsp3) is 0.281. The molecule has 1 unspecified atom stereocenters. The summed E-state index contributed by atoms with van der Waals surface area (Å²) in [5.74, 6) is 1.19. The maximum Gasteiger partial charge on any atom is 0.165 e. The first kappa shape index (κ1) is 26.5. The number of nitrogen functional groups attached to an aromatic ring is 1. The molecule has 4 aromatic rings. The van der Waals surface area contributed by atoms with Gasteiger partial charge < -0.3 is 5.73 Å². The van der Waals surface area contributed by atoms with Gasteiger partial charge in [0.25, 0.3) is 0 Å². The zero-order valence-corrected chi connectivity index (χ0v) is 23.5. The Labute approximate surface area is 240 Å². The summed E-state index contributed by atoms with van der Waals surface area (Å²) in [4.78, 5) is 17.0. The minimum Gasteiger partial charge on any atom is -0.383 e. The van der Waals surface area contributed by atoms with Crippen LogP contribution in [0.5, 0.6) is 0 Å². The molecule has 3 aromatic heterocycles. The number of fused-ring (bicyclic) bond motifs is 1. The molecule has 2 aliphatic rings. The number of pyridine rings is 2. The molecular weight excluding hydrogens is 514 g/mol. The Hall–Kier alpha value is -3.72. The van der Waals surface area contributed by atoms with Gasteiger partial charge in [-0.15, -0.1) is 0 Å². The first-order valence-electron chi connectivity index (χ1n) is 14.0. The van der Waals surface area contributed by atoms with Crippen molar-refractivity contribution in [1.82, 2.24) is 29.1 Å². The zero-order valence-electron chi connectivity index (χ0n) is 22.7. The molecule has 3 N–H and O–H groups in total. The molecule has 40 heavy (non-hydrogen) atoms. The minimum absolute atomic E-state index is 0.452. The number of likely N-dealkylation sites (tertiary alicyclic amines) is 1. The number of allylic oxidation sites excluding steroid dienone is 4. The van der Waals surface area contributed by atoms with E-state index in [0.29, 0.717) is 11.9 Å². The predicted molar refractivity (Wildman–Crippen MR) is 167 cm³/mol. The molecular formula is C32H35N7S. The molecule has 4 heterocycles. The molecule has 8 heteroatoms. The summed E-state index contributed by atoms with van der Waals surface area (Å²) >= 11 is 1.60. The van der Waals surface area contributed by atoms with Gasteiger partial charge in [-0.2, -0.15) is 0 Å². The highest BCUT2D eigenvalue weighted by Gasteiger charge is 2.20. The normalized spacial score (nSPS) is 18.0. The van der Waals surface area contributed by atoms with E-state index in [1.807, 2.05) is 17.5 Å². The average Bonchev–Trinajstić information content (AvgIpc) is 3.22. The number of nitrogens with two attached hydrogens (primary N) is 1. The molecule has 0 radical (unpaired) electrons. The minimum atomic E-state index is 0.452. The van der Waals surface area contributed by atoms with Crippen molar-refractivity contribution >= 4 is 34.5 Å². The van der Waals surface area contributed by atoms with E-state index in [9.17, 15) is 0 Å². The molecule has 7 nitrogen and oxygen atoms in total. The first-order chi connectivity index (χ1) is 19.7. The molecule has 0 amide bonds. The highest BCUT2D eigenvalue weighted by Crippen LogP contribution is 2.32. The summed E-state index contributed by atoms with van der Waals surface area (Å²) in [6, 6.07) is 17.2. The van der Waals surface area contributed by atoms with E-state index >= 15 is 0 Å². The molecule has 1 aliphatic heterocycles. The first-order valence-corrected chi connectivity index (χ1v) is 14.9. The quantitative estimate of drug-likeness (QED) is 0.242. The number of nitrogens with zero attached hydrogens (tertiary/aromatic N) is 5. The Balaban J connectivity index is 1.35. The highest BCUT2D eigenvalue weighted by molar-refractivity contribution is 8.00. The van der Waals surface area contributed by atoms with Gasteiger partial charge in [0.05, 0.1) is 11.3 Å². The van der Waals surface area contributed by atoms with Crippen LogP contribution in [0.2, 0.25) is 0 Å². The van der Waals surface area contributed by atoms with Crippen LogP contribution < -0.4 is 10.5 Å². The van der Waals surface area contributed by atoms with Crippen molar-refractivity contribution in [1.29, 1.82) is 0 Å². The van der Waals surface area contributed by atoms with Gasteiger partial charge in [0.15, 0.2) is 11.5 Å². The topological polar surface area (TPSA) is 84.9 Å². The lowest BCUT2D eigenvalue weighted by molar-refractivity contribution is 0.261. The van der Waals surface area contributed by atoms with Crippen molar-refractivity contribution in [3.63, 3.8) is 0 Å². The van der Waals surface area contributed by atoms with E-state index < -0.39 is 0 Å². The average molecular weight is 550 g/mol. The van der Waals surface area contributed by atoms with Crippen LogP contribution in [-0.2, 0) is 6.54 Å². The Morgan fingerprint density at radius 2 is 1.98 bits per heavy atom. The molecule has 0 spiro atoms. The van der Waals surface area contributed by atoms with Crippen LogP contribution in [0.25, 0.3) is 33.8 Å². The number of hydrogen-bond donors (Lipinski definition) is 2. The highest BCUT2D eigenvalue weighted by atomic mass is 32.2. The fourth-order valence-electron chi connectivity index (χ4n) is 5.57. The molecule has 1 atom stereocenters. The summed E-state index contributed by atoms with van der Waals surface area (Å²) < 4.78 is 5.65. The number of imidazole rings is 1. The third kappa shape index (κ3) is 5.75. The maximum absolute atomic E-state index is 6.33. The molecule has 1 fully saturated rings. The summed E-state index contributed by atoms with van der Waals surface area (Å²) in [6.07, 6.45) is 14.1. The fourth-order valence-corrected chi connectivity index (χ4v) is 6.05. The van der Waals surface area contributed by atoms with Crippen LogP contribution in [0.1, 0.15) is 43.4 Å². The number of benzene rings is 1. The summed E-state index contributed by atoms with van der Waals surface area (Å²) in [5, 5.41) is 1.86. The van der Waals surface area contributed by atoms with Crippen molar-refractivity contribution in [2.24, 2.45) is 0 Å². The second-order valence-electron chi connectivity index (χ2n) is 10.4. The van der Waals surface area contributed by atoms with Crippen LogP contribution in [0.15, 0.2) is 84.9 Å². The van der Waals surface area contributed by atoms with Crippen LogP contribution in [0, 0.1) is 0 Å². The van der Waals surface area contributed by atoms with E-state index in [-0.39, 0.29) is 0 Å². The van der Waals surface area contributed by atoms with Crippen molar-refractivity contribution in [3.05, 3.63) is 96.2 Å². The third-order valence-electron chi connectivity index (χ3n) is 7.55. The Kier molecular flexibility index (Phi) is 8.09. The molecule has 1 aromatic carbocycles. The van der Waals surface area contributed by atoms with Crippen molar-refractivity contribution in [2.75, 3.05) is 18.8 Å². The Morgan fingerprint density at radius 3 is 2.77 bits per heavy atom. The van der Waals surface area contributed by atoms with E-state index in [2.05, 4.69) is 80.4 Å². The summed E-state index contributed by atoms with van der Waals surface area (Å²) in [6.45, 7) is 6.90. The summed E-state index contributed by atoms with van der Waals surface area (Å²) in [7, 11) is 0. The van der Waals surface area contributed by atoms with Gasteiger partial charge in [0.1, 0.15) is 11.3 Å². The van der Waals surface area contributed by atoms with Gasteiger partial charge >= 0.3 is 0 Å². The molecule has 0 saturated carbocycles. The van der Waals surface area contributed by atoms with Crippen molar-refractivity contribution in [2.45, 2.75) is 44.7 Å². The molecule has 1 saturated heterocycles. The number of anilines is 1. The van der Waals surface area contributed by atoms with Gasteiger partial charge in [0.2, 0.25) is 0 Å². The maximum atomic E-state index is 6.33. The van der Waals surface area contributed by atoms with Gasteiger partial charge in [0, 0.05) is 31.0 Å². The predicted octanol–water partition coefficient (Wildman–Crippen LogP) is 6.53. The number of rotatable bonds is 8. The summed E-state index contributed by atoms with van der Waals surface area (Å²) in [5.41, 5.74) is 13.1. The lowest BCUT2D eigenvalue weighted by Crippen LogP contribution is -2.36. The lowest BCUT2D eigenvalue weighted by atomic mass is 10.0. The molecule has 6 rings (SSSR count). The SMILES string of the molecule is C=CSNC1CCCCN(Cc2ccc(-n3c(-c4cccnc4N)nc4ccc(C5=CCCC=C5)nc43)cc2)C1. The van der Waals surface area contributed by atoms with Crippen LogP contribution in [0.3, 0.4) is 0 Å². The molecule has 1 aliphatic carbocycles. The number of nitrogens with one attached hydrogen (secondary N) is 1. The Bertz CT molecular complexity index is 1550. The molecule has 204 valence electrons. The van der Waals surface area contributed by atoms with Crippen LogP contribution in [0.4, 0.5) is 5.82 Å². The molecule has 0 bridgehead atoms. The van der Waals surface area contributed by atoms with Crippen LogP contribution in [-0.4, -0.2) is 43.6 Å². The second kappa shape index (κ2) is 12.2. The van der Waals surface area contributed by atoms with Gasteiger partial charge in [-0.05, 0) is 85.2 Å². The van der Waals surface area contributed by atoms with Gasteiger partial charge in [-0.25, -0.2) is 15.0 Å². The van der Waals surface area contributed by atoms with Gasteiger partial charge in [-0.1, -0.05) is 55.3 Å².